The number of benzene rings is 3. The van der Waals surface area contributed by atoms with Crippen LogP contribution in [0.3, 0.4) is 0 Å². The molecule has 3 rings (SSSR count). The van der Waals surface area contributed by atoms with Gasteiger partial charge in [-0.1, -0.05) is 37.6 Å². The quantitative estimate of drug-likeness (QED) is 0.351. The van der Waals surface area contributed by atoms with Gasteiger partial charge in [0.1, 0.15) is 5.75 Å². The summed E-state index contributed by atoms with van der Waals surface area (Å²) in [7, 11) is 0. The number of hydrogen-bond donors (Lipinski definition) is 3. The highest BCUT2D eigenvalue weighted by Gasteiger charge is 2.12. The lowest BCUT2D eigenvalue weighted by Gasteiger charge is -2.10. The second kappa shape index (κ2) is 11.5. The van der Waals surface area contributed by atoms with Crippen molar-refractivity contribution < 1.29 is 19.1 Å². The second-order valence-corrected chi connectivity index (χ2v) is 7.48. The Labute approximate surface area is 193 Å². The van der Waals surface area contributed by atoms with Gasteiger partial charge in [0.25, 0.3) is 17.7 Å². The van der Waals surface area contributed by atoms with Crippen LogP contribution >= 0.6 is 0 Å². The van der Waals surface area contributed by atoms with E-state index < -0.39 is 11.8 Å². The molecule has 0 unspecified atom stereocenters. The zero-order valence-electron chi connectivity index (χ0n) is 18.7. The Kier molecular flexibility index (Phi) is 8.18. The Morgan fingerprint density at radius 2 is 1.48 bits per heavy atom. The number of hydrazine groups is 1. The van der Waals surface area contributed by atoms with Gasteiger partial charge in [-0.2, -0.15) is 0 Å². The van der Waals surface area contributed by atoms with Crippen molar-refractivity contribution in [2.45, 2.75) is 26.7 Å². The zero-order chi connectivity index (χ0) is 23.6. The zero-order valence-corrected chi connectivity index (χ0v) is 18.7. The normalized spacial score (nSPS) is 10.2. The number of anilines is 1. The number of rotatable bonds is 8. The summed E-state index contributed by atoms with van der Waals surface area (Å²) in [4.78, 5) is 37.2. The van der Waals surface area contributed by atoms with Crippen molar-refractivity contribution in [1.29, 1.82) is 0 Å². The molecule has 0 aliphatic carbocycles. The smallest absolute Gasteiger partial charge is 0.269 e. The number of hydrogen-bond acceptors (Lipinski definition) is 4. The molecule has 7 nitrogen and oxygen atoms in total. The van der Waals surface area contributed by atoms with Gasteiger partial charge in [0, 0.05) is 22.4 Å². The molecule has 0 atom stereocenters. The van der Waals surface area contributed by atoms with Crippen molar-refractivity contribution >= 4 is 23.4 Å². The molecule has 3 amide bonds. The monoisotopic (exact) mass is 445 g/mol. The standard InChI is InChI=1S/C26H27N3O4/c1-3-4-16-33-22-10-7-9-20(17-22)25(31)29-28-24(30)19-12-14-21(15-13-19)27-26(32)23-11-6-5-8-18(23)2/h5-15,17H,3-4,16H2,1-2H3,(H,27,32)(H,28,30)(H,29,31). The summed E-state index contributed by atoms with van der Waals surface area (Å²) in [5.41, 5.74) is 7.53. The molecule has 0 heterocycles. The fraction of sp³-hybridized carbons (Fsp3) is 0.192. The number of amides is 3. The molecule has 170 valence electrons. The maximum atomic E-state index is 12.4. The van der Waals surface area contributed by atoms with Crippen molar-refractivity contribution in [3.8, 4) is 5.75 Å². The van der Waals surface area contributed by atoms with Crippen molar-refractivity contribution in [3.05, 3.63) is 95.1 Å². The van der Waals surface area contributed by atoms with E-state index in [9.17, 15) is 14.4 Å². The van der Waals surface area contributed by atoms with Crippen molar-refractivity contribution in [2.75, 3.05) is 11.9 Å². The van der Waals surface area contributed by atoms with Gasteiger partial charge in [-0.05, 0) is 67.4 Å². The maximum absolute atomic E-state index is 12.4. The summed E-state index contributed by atoms with van der Waals surface area (Å²) in [6, 6.07) is 20.5. The molecular weight excluding hydrogens is 418 g/mol. The molecule has 0 spiro atoms. The summed E-state index contributed by atoms with van der Waals surface area (Å²) >= 11 is 0. The Bertz CT molecular complexity index is 1130. The van der Waals surface area contributed by atoms with Crippen molar-refractivity contribution in [2.24, 2.45) is 0 Å². The lowest BCUT2D eigenvalue weighted by Crippen LogP contribution is -2.41. The Balaban J connectivity index is 1.53. The van der Waals surface area contributed by atoms with Gasteiger partial charge in [-0.25, -0.2) is 0 Å². The van der Waals surface area contributed by atoms with E-state index in [1.165, 1.54) is 0 Å². The molecule has 7 heteroatoms. The Morgan fingerprint density at radius 3 is 2.18 bits per heavy atom. The first-order chi connectivity index (χ1) is 16.0. The van der Waals surface area contributed by atoms with Gasteiger partial charge in [0.15, 0.2) is 0 Å². The van der Waals surface area contributed by atoms with Gasteiger partial charge >= 0.3 is 0 Å². The molecule has 0 aliphatic rings. The first kappa shape index (κ1) is 23.5. The average molecular weight is 446 g/mol. The lowest BCUT2D eigenvalue weighted by atomic mass is 10.1. The topological polar surface area (TPSA) is 96.5 Å². The molecule has 0 saturated carbocycles. The largest absolute Gasteiger partial charge is 0.494 e. The van der Waals surface area contributed by atoms with Gasteiger partial charge < -0.3 is 10.1 Å². The molecule has 0 bridgehead atoms. The highest BCUT2D eigenvalue weighted by atomic mass is 16.5. The molecule has 33 heavy (non-hydrogen) atoms. The minimum absolute atomic E-state index is 0.224. The SMILES string of the molecule is CCCCOc1cccc(C(=O)NNC(=O)c2ccc(NC(=O)c3ccccc3C)cc2)c1. The van der Waals surface area contributed by atoms with Crippen LogP contribution in [-0.4, -0.2) is 24.3 Å². The molecular formula is C26H27N3O4. The summed E-state index contributed by atoms with van der Waals surface area (Å²) in [5, 5.41) is 2.81. The number of carbonyl (C=O) groups excluding carboxylic acids is 3. The maximum Gasteiger partial charge on any atom is 0.269 e. The summed E-state index contributed by atoms with van der Waals surface area (Å²) in [5.74, 6) is -0.550. The van der Waals surface area contributed by atoms with Crippen LogP contribution in [-0.2, 0) is 0 Å². The molecule has 0 saturated heterocycles. The van der Waals surface area contributed by atoms with Gasteiger partial charge in [0.2, 0.25) is 0 Å². The predicted octanol–water partition coefficient (Wildman–Crippen LogP) is 4.50. The highest BCUT2D eigenvalue weighted by Crippen LogP contribution is 2.15. The van der Waals surface area contributed by atoms with Crippen LogP contribution in [0.5, 0.6) is 5.75 Å². The first-order valence-corrected chi connectivity index (χ1v) is 10.8. The molecule has 3 N–H and O–H groups in total. The van der Waals surface area contributed by atoms with Crippen molar-refractivity contribution in [3.63, 3.8) is 0 Å². The second-order valence-electron chi connectivity index (χ2n) is 7.48. The molecule has 0 radical (unpaired) electrons. The summed E-state index contributed by atoms with van der Waals surface area (Å²) < 4.78 is 5.61. The van der Waals surface area contributed by atoms with Gasteiger partial charge in [0.05, 0.1) is 6.61 Å². The van der Waals surface area contributed by atoms with E-state index in [0.717, 1.165) is 18.4 Å². The minimum Gasteiger partial charge on any atom is -0.494 e. The molecule has 0 aromatic heterocycles. The van der Waals surface area contributed by atoms with E-state index >= 15 is 0 Å². The molecule has 0 aliphatic heterocycles. The first-order valence-electron chi connectivity index (χ1n) is 10.8. The molecule has 3 aromatic rings. The Hall–Kier alpha value is -4.13. The van der Waals surface area contributed by atoms with Crippen LogP contribution in [0.25, 0.3) is 0 Å². The van der Waals surface area contributed by atoms with Crippen LogP contribution in [0.2, 0.25) is 0 Å². The lowest BCUT2D eigenvalue weighted by molar-refractivity contribution is 0.0846. The van der Waals surface area contributed by atoms with Crippen LogP contribution in [0.15, 0.2) is 72.8 Å². The highest BCUT2D eigenvalue weighted by molar-refractivity contribution is 6.05. The Morgan fingerprint density at radius 1 is 0.788 bits per heavy atom. The predicted molar refractivity (Wildman–Crippen MR) is 127 cm³/mol. The fourth-order valence-electron chi connectivity index (χ4n) is 3.05. The van der Waals surface area contributed by atoms with E-state index in [1.54, 1.807) is 60.7 Å². The third kappa shape index (κ3) is 6.67. The van der Waals surface area contributed by atoms with Crippen molar-refractivity contribution in [1.82, 2.24) is 10.9 Å². The number of carbonyl (C=O) groups is 3. The van der Waals surface area contributed by atoms with E-state index in [4.69, 9.17) is 4.74 Å². The van der Waals surface area contributed by atoms with Gasteiger partial charge in [-0.15, -0.1) is 0 Å². The average Bonchev–Trinajstić information content (AvgIpc) is 2.83. The van der Waals surface area contributed by atoms with E-state index in [2.05, 4.69) is 23.1 Å². The van der Waals surface area contributed by atoms with Crippen LogP contribution < -0.4 is 20.9 Å². The third-order valence-corrected chi connectivity index (χ3v) is 4.95. The molecule has 3 aromatic carbocycles. The fourth-order valence-corrected chi connectivity index (χ4v) is 3.05. The minimum atomic E-state index is -0.476. The number of unbranched alkanes of at least 4 members (excludes halogenated alkanes) is 1. The summed E-state index contributed by atoms with van der Waals surface area (Å²) in [6.07, 6.45) is 1.95. The van der Waals surface area contributed by atoms with Crippen LogP contribution in [0.4, 0.5) is 5.69 Å². The number of nitrogens with one attached hydrogen (secondary N) is 3. The van der Waals surface area contributed by atoms with E-state index in [0.29, 0.717) is 34.7 Å². The van der Waals surface area contributed by atoms with Gasteiger partial charge in [-0.3, -0.25) is 25.2 Å². The van der Waals surface area contributed by atoms with Crippen LogP contribution in [0, 0.1) is 6.92 Å². The third-order valence-electron chi connectivity index (χ3n) is 4.95. The van der Waals surface area contributed by atoms with Crippen LogP contribution in [0.1, 0.15) is 56.4 Å². The van der Waals surface area contributed by atoms with E-state index in [-0.39, 0.29) is 5.91 Å². The number of ether oxygens (including phenoxy) is 1. The molecule has 0 fully saturated rings. The number of aryl methyl sites for hydroxylation is 1. The summed E-state index contributed by atoms with van der Waals surface area (Å²) in [6.45, 7) is 4.52. The van der Waals surface area contributed by atoms with E-state index in [1.807, 2.05) is 19.1 Å².